The van der Waals surface area contributed by atoms with Crippen molar-refractivity contribution < 1.29 is 64.6 Å². The van der Waals surface area contributed by atoms with Gasteiger partial charge in [-0.1, -0.05) is 258 Å². The molecule has 0 spiro atoms. The first-order valence-corrected chi connectivity index (χ1v) is 30.8. The van der Waals surface area contributed by atoms with Gasteiger partial charge >= 0.3 is 0 Å². The molecule has 0 saturated carbocycles. The van der Waals surface area contributed by atoms with Crippen LogP contribution in [0.5, 0.6) is 0 Å². The molecule has 2 fully saturated rings. The first-order valence-electron chi connectivity index (χ1n) is 30.8. The first-order chi connectivity index (χ1) is 35.6. The standard InChI is InChI=1S/C59H115NO13/c1-3-5-7-9-11-13-15-17-19-20-21-22-23-24-25-26-27-29-31-33-35-37-39-41-43-51(64)60-47(48(63)42-40-38-36-34-32-30-28-18-16-14-12-10-8-6-4-2)46-70-58-56(69)54(67)57(50(45-62)72-58)73-59-55(68)53(66)52(65)49(44-61)71-59/h47-50,52-59,61-63,65-69H,3-46H2,1-2H3,(H,60,64). The number of aliphatic hydroxyl groups excluding tert-OH is 8. The largest absolute Gasteiger partial charge is 0.394 e. The topological polar surface area (TPSA) is 228 Å². The van der Waals surface area contributed by atoms with Crippen LogP contribution in [0.25, 0.3) is 0 Å². The van der Waals surface area contributed by atoms with Gasteiger partial charge in [0.25, 0.3) is 0 Å². The molecule has 12 unspecified atom stereocenters. The summed E-state index contributed by atoms with van der Waals surface area (Å²) in [5.41, 5.74) is 0. The molecule has 2 saturated heterocycles. The minimum absolute atomic E-state index is 0.200. The molecule has 12 atom stereocenters. The normalized spacial score (nSPS) is 25.3. The van der Waals surface area contributed by atoms with Gasteiger partial charge in [0.2, 0.25) is 5.91 Å². The predicted octanol–water partition coefficient (Wildman–Crippen LogP) is 10.5. The minimum Gasteiger partial charge on any atom is -0.394 e. The molecule has 0 aliphatic carbocycles. The molecule has 1 amide bonds. The van der Waals surface area contributed by atoms with Crippen molar-refractivity contribution in [3.05, 3.63) is 0 Å². The molecule has 2 rings (SSSR count). The lowest BCUT2D eigenvalue weighted by atomic mass is 9.97. The summed E-state index contributed by atoms with van der Waals surface area (Å²) in [4.78, 5) is 13.3. The molecule has 73 heavy (non-hydrogen) atoms. The van der Waals surface area contributed by atoms with Gasteiger partial charge in [0.15, 0.2) is 12.6 Å². The van der Waals surface area contributed by atoms with Crippen LogP contribution < -0.4 is 5.32 Å². The Balaban J connectivity index is 1.71. The molecule has 0 aromatic carbocycles. The summed E-state index contributed by atoms with van der Waals surface area (Å²) in [6.07, 6.45) is 33.9. The van der Waals surface area contributed by atoms with Crippen molar-refractivity contribution in [3.8, 4) is 0 Å². The second kappa shape index (κ2) is 46.0. The molecule has 0 radical (unpaired) electrons. The van der Waals surface area contributed by atoms with Crippen molar-refractivity contribution >= 4 is 5.91 Å². The van der Waals surface area contributed by atoms with Gasteiger partial charge in [-0.2, -0.15) is 0 Å². The van der Waals surface area contributed by atoms with Crippen LogP contribution in [-0.4, -0.2) is 140 Å². The van der Waals surface area contributed by atoms with E-state index in [4.69, 9.17) is 18.9 Å². The van der Waals surface area contributed by atoms with Gasteiger partial charge in [0.1, 0.15) is 48.8 Å². The minimum atomic E-state index is -1.78. The Bertz CT molecular complexity index is 1230. The van der Waals surface area contributed by atoms with E-state index in [1.807, 2.05) is 0 Å². The number of ether oxygens (including phenoxy) is 4. The lowest BCUT2D eigenvalue weighted by Crippen LogP contribution is -2.65. The number of hydrogen-bond donors (Lipinski definition) is 9. The molecule has 0 bridgehead atoms. The summed E-state index contributed by atoms with van der Waals surface area (Å²) < 4.78 is 22.8. The predicted molar refractivity (Wildman–Crippen MR) is 291 cm³/mol. The highest BCUT2D eigenvalue weighted by molar-refractivity contribution is 5.76. The summed E-state index contributed by atoms with van der Waals surface area (Å²) in [6.45, 7) is 2.90. The summed E-state index contributed by atoms with van der Waals surface area (Å²) in [5.74, 6) is -0.200. The molecule has 14 nitrogen and oxygen atoms in total. The lowest BCUT2D eigenvalue weighted by molar-refractivity contribution is -0.359. The van der Waals surface area contributed by atoms with E-state index < -0.39 is 86.8 Å². The third-order valence-corrected chi connectivity index (χ3v) is 15.6. The Labute approximate surface area is 444 Å². The van der Waals surface area contributed by atoms with E-state index in [1.54, 1.807) is 0 Å². The van der Waals surface area contributed by atoms with Crippen LogP contribution in [0.1, 0.15) is 277 Å². The smallest absolute Gasteiger partial charge is 0.220 e. The molecule has 2 aliphatic rings. The zero-order valence-electron chi connectivity index (χ0n) is 46.7. The zero-order chi connectivity index (χ0) is 53.2. The number of carbonyl (C=O) groups excluding carboxylic acids is 1. The maximum Gasteiger partial charge on any atom is 0.220 e. The van der Waals surface area contributed by atoms with Crippen LogP contribution >= 0.6 is 0 Å². The van der Waals surface area contributed by atoms with E-state index >= 15 is 0 Å². The van der Waals surface area contributed by atoms with Gasteiger partial charge < -0.3 is 65.1 Å². The number of aliphatic hydroxyl groups is 8. The second-order valence-corrected chi connectivity index (χ2v) is 22.2. The maximum absolute atomic E-state index is 13.3. The summed E-state index contributed by atoms with van der Waals surface area (Å²) in [5, 5.41) is 87.3. The fourth-order valence-corrected chi connectivity index (χ4v) is 10.6. The Morgan fingerprint density at radius 1 is 0.438 bits per heavy atom. The Kier molecular flexibility index (Phi) is 42.9. The van der Waals surface area contributed by atoms with E-state index in [9.17, 15) is 45.6 Å². The Morgan fingerprint density at radius 2 is 0.781 bits per heavy atom. The number of unbranched alkanes of at least 4 members (excludes halogenated alkanes) is 37. The highest BCUT2D eigenvalue weighted by Gasteiger charge is 2.51. The number of rotatable bonds is 50. The van der Waals surface area contributed by atoms with Gasteiger partial charge in [-0.25, -0.2) is 0 Å². The van der Waals surface area contributed by atoms with Gasteiger partial charge in [-0.05, 0) is 12.8 Å². The van der Waals surface area contributed by atoms with Gasteiger partial charge in [-0.15, -0.1) is 0 Å². The molecule has 2 aliphatic heterocycles. The number of amides is 1. The molecule has 2 heterocycles. The second-order valence-electron chi connectivity index (χ2n) is 22.2. The van der Waals surface area contributed by atoms with Crippen molar-refractivity contribution in [3.63, 3.8) is 0 Å². The fourth-order valence-electron chi connectivity index (χ4n) is 10.6. The zero-order valence-corrected chi connectivity index (χ0v) is 46.7. The van der Waals surface area contributed by atoms with Gasteiger partial charge in [0, 0.05) is 6.42 Å². The van der Waals surface area contributed by atoms with E-state index in [-0.39, 0.29) is 12.5 Å². The molecular formula is C59H115NO13. The number of nitrogens with one attached hydrogen (secondary N) is 1. The van der Waals surface area contributed by atoms with Gasteiger partial charge in [0.05, 0.1) is 32.0 Å². The third-order valence-electron chi connectivity index (χ3n) is 15.6. The van der Waals surface area contributed by atoms with Crippen molar-refractivity contribution in [2.24, 2.45) is 0 Å². The van der Waals surface area contributed by atoms with Crippen LogP contribution in [0.3, 0.4) is 0 Å². The number of carbonyl (C=O) groups is 1. The summed E-state index contributed by atoms with van der Waals surface area (Å²) >= 11 is 0. The van der Waals surface area contributed by atoms with Crippen LogP contribution in [0.15, 0.2) is 0 Å². The quantitative estimate of drug-likeness (QED) is 0.0259. The highest BCUT2D eigenvalue weighted by atomic mass is 16.7. The maximum atomic E-state index is 13.3. The summed E-state index contributed by atoms with van der Waals surface area (Å²) in [7, 11) is 0. The van der Waals surface area contributed by atoms with Crippen LogP contribution in [0.2, 0.25) is 0 Å². The first kappa shape index (κ1) is 68.1. The van der Waals surface area contributed by atoms with Crippen LogP contribution in [0.4, 0.5) is 0 Å². The molecule has 9 N–H and O–H groups in total. The van der Waals surface area contributed by atoms with E-state index in [1.165, 1.54) is 199 Å². The van der Waals surface area contributed by atoms with Crippen molar-refractivity contribution in [1.82, 2.24) is 5.32 Å². The van der Waals surface area contributed by atoms with E-state index in [0.717, 1.165) is 51.4 Å². The van der Waals surface area contributed by atoms with Crippen molar-refractivity contribution in [2.75, 3.05) is 19.8 Å². The molecular weight excluding hydrogens is 931 g/mol. The molecule has 434 valence electrons. The van der Waals surface area contributed by atoms with Crippen molar-refractivity contribution in [1.29, 1.82) is 0 Å². The van der Waals surface area contributed by atoms with Gasteiger partial charge in [-0.3, -0.25) is 4.79 Å². The Hall–Kier alpha value is -1.01. The average molecular weight is 1050 g/mol. The van der Waals surface area contributed by atoms with E-state index in [0.29, 0.717) is 12.8 Å². The third kappa shape index (κ3) is 31.9. The van der Waals surface area contributed by atoms with Crippen LogP contribution in [-0.2, 0) is 23.7 Å². The highest BCUT2D eigenvalue weighted by Crippen LogP contribution is 2.30. The van der Waals surface area contributed by atoms with E-state index in [2.05, 4.69) is 19.2 Å². The number of hydrogen-bond acceptors (Lipinski definition) is 13. The fraction of sp³-hybridized carbons (Fsp3) is 0.983. The summed E-state index contributed by atoms with van der Waals surface area (Å²) in [6, 6.07) is -0.822. The SMILES string of the molecule is CCCCCCCCCCCCCCCCCCCCCCCCCCC(=O)NC(COC1OC(CO)C(OC2OC(CO)C(O)C(O)C2O)C(O)C1O)C(O)CCCCCCCCCCCCCCCCC. The molecule has 14 heteroatoms. The van der Waals surface area contributed by atoms with Crippen molar-refractivity contribution in [2.45, 2.75) is 351 Å². The van der Waals surface area contributed by atoms with Crippen LogP contribution in [0, 0.1) is 0 Å². The lowest BCUT2D eigenvalue weighted by Gasteiger charge is -2.46. The average Bonchev–Trinajstić information content (AvgIpc) is 3.39. The Morgan fingerprint density at radius 3 is 1.16 bits per heavy atom. The molecule has 0 aromatic rings. The molecule has 0 aromatic heterocycles. The monoisotopic (exact) mass is 1050 g/mol.